The number of nitrogens with one attached hydrogen (secondary N) is 1. The van der Waals surface area contributed by atoms with Crippen LogP contribution in [0.4, 0.5) is 0 Å². The highest BCUT2D eigenvalue weighted by molar-refractivity contribution is 5.75. The van der Waals surface area contributed by atoms with Gasteiger partial charge in [0.05, 0.1) is 6.54 Å². The maximum atomic E-state index is 5.60. The summed E-state index contributed by atoms with van der Waals surface area (Å²) in [5.74, 6) is 1.78. The van der Waals surface area contributed by atoms with Gasteiger partial charge < -0.3 is 10.1 Å². The summed E-state index contributed by atoms with van der Waals surface area (Å²) in [5.41, 5.74) is 0. The lowest BCUT2D eigenvalue weighted by atomic mass is 9.77. The standard InChI is InChI=1S/C17H30N2O/c1-3-7-14(8-4-1)13-16(15-9-5-2-6-10-15)19-17-18-11-12-20-17/h14-16H,1-13H2,(H,18,19). The Morgan fingerprint density at radius 2 is 1.70 bits per heavy atom. The number of hydrogen-bond donors (Lipinski definition) is 1. The van der Waals surface area contributed by atoms with Gasteiger partial charge in [0.15, 0.2) is 0 Å². The molecule has 3 nitrogen and oxygen atoms in total. The van der Waals surface area contributed by atoms with Gasteiger partial charge in [-0.15, -0.1) is 0 Å². The number of aliphatic imine (C=N–C) groups is 1. The van der Waals surface area contributed by atoms with Gasteiger partial charge in [-0.1, -0.05) is 51.4 Å². The largest absolute Gasteiger partial charge is 0.463 e. The second-order valence-electron chi connectivity index (χ2n) is 6.92. The van der Waals surface area contributed by atoms with Crippen molar-refractivity contribution in [3.63, 3.8) is 0 Å². The molecule has 20 heavy (non-hydrogen) atoms. The zero-order valence-corrected chi connectivity index (χ0v) is 12.8. The van der Waals surface area contributed by atoms with E-state index in [2.05, 4.69) is 10.3 Å². The van der Waals surface area contributed by atoms with E-state index in [0.29, 0.717) is 6.04 Å². The summed E-state index contributed by atoms with van der Waals surface area (Å²) in [4.78, 5) is 4.45. The highest BCUT2D eigenvalue weighted by Gasteiger charge is 2.28. The fourth-order valence-electron chi connectivity index (χ4n) is 4.27. The van der Waals surface area contributed by atoms with E-state index < -0.39 is 0 Å². The molecule has 3 heteroatoms. The fourth-order valence-corrected chi connectivity index (χ4v) is 4.27. The normalized spacial score (nSPS) is 26.9. The first kappa shape index (κ1) is 14.2. The number of rotatable bonds is 4. The molecule has 114 valence electrons. The molecule has 0 aromatic heterocycles. The van der Waals surface area contributed by atoms with Crippen molar-refractivity contribution in [3.8, 4) is 0 Å². The van der Waals surface area contributed by atoms with E-state index in [-0.39, 0.29) is 0 Å². The third kappa shape index (κ3) is 3.89. The fraction of sp³-hybridized carbons (Fsp3) is 0.941. The Balaban J connectivity index is 1.58. The van der Waals surface area contributed by atoms with Crippen LogP contribution in [0.25, 0.3) is 0 Å². The van der Waals surface area contributed by atoms with E-state index in [1.165, 1.54) is 70.6 Å². The van der Waals surface area contributed by atoms with E-state index in [0.717, 1.165) is 31.0 Å². The average molecular weight is 278 g/mol. The van der Waals surface area contributed by atoms with Crippen LogP contribution in [-0.2, 0) is 4.74 Å². The molecule has 0 saturated heterocycles. The van der Waals surface area contributed by atoms with E-state index in [1.54, 1.807) is 0 Å². The molecule has 0 aromatic rings. The Labute approximate surface area is 123 Å². The van der Waals surface area contributed by atoms with Crippen molar-refractivity contribution in [2.24, 2.45) is 16.8 Å². The van der Waals surface area contributed by atoms with Crippen LogP contribution >= 0.6 is 0 Å². The number of ether oxygens (including phenoxy) is 1. The second kappa shape index (κ2) is 7.33. The van der Waals surface area contributed by atoms with Gasteiger partial charge in [0.25, 0.3) is 6.02 Å². The first-order valence-electron chi connectivity index (χ1n) is 8.85. The number of hydrogen-bond acceptors (Lipinski definition) is 3. The van der Waals surface area contributed by atoms with Crippen molar-refractivity contribution in [2.75, 3.05) is 13.2 Å². The summed E-state index contributed by atoms with van der Waals surface area (Å²) in [6.45, 7) is 1.60. The predicted molar refractivity (Wildman–Crippen MR) is 82.9 cm³/mol. The van der Waals surface area contributed by atoms with Crippen molar-refractivity contribution in [2.45, 2.75) is 76.7 Å². The van der Waals surface area contributed by atoms with Gasteiger partial charge in [0.1, 0.15) is 6.61 Å². The maximum Gasteiger partial charge on any atom is 0.285 e. The molecule has 3 aliphatic rings. The van der Waals surface area contributed by atoms with Crippen LogP contribution in [0.3, 0.4) is 0 Å². The van der Waals surface area contributed by atoms with Gasteiger partial charge >= 0.3 is 0 Å². The van der Waals surface area contributed by atoms with Gasteiger partial charge in [-0.2, -0.15) is 0 Å². The highest BCUT2D eigenvalue weighted by atomic mass is 16.5. The van der Waals surface area contributed by atoms with E-state index in [4.69, 9.17) is 4.74 Å². The molecule has 2 aliphatic carbocycles. The molecule has 0 spiro atoms. The van der Waals surface area contributed by atoms with Crippen LogP contribution in [0, 0.1) is 11.8 Å². The Kier molecular flexibility index (Phi) is 5.21. The second-order valence-corrected chi connectivity index (χ2v) is 6.92. The van der Waals surface area contributed by atoms with Crippen LogP contribution in [-0.4, -0.2) is 25.2 Å². The molecule has 0 radical (unpaired) electrons. The first-order valence-corrected chi connectivity index (χ1v) is 8.85. The highest BCUT2D eigenvalue weighted by Crippen LogP contribution is 2.33. The molecule has 0 amide bonds. The Hall–Kier alpha value is -0.730. The number of amidine groups is 1. The minimum absolute atomic E-state index is 0.607. The summed E-state index contributed by atoms with van der Waals surface area (Å²) in [6, 6.07) is 1.44. The molecule has 2 saturated carbocycles. The smallest absolute Gasteiger partial charge is 0.285 e. The van der Waals surface area contributed by atoms with Crippen LogP contribution < -0.4 is 5.32 Å². The quantitative estimate of drug-likeness (QED) is 0.846. The van der Waals surface area contributed by atoms with Crippen molar-refractivity contribution < 1.29 is 4.74 Å². The topological polar surface area (TPSA) is 33.6 Å². The Morgan fingerprint density at radius 3 is 2.35 bits per heavy atom. The van der Waals surface area contributed by atoms with Crippen LogP contribution in [0.5, 0.6) is 0 Å². The van der Waals surface area contributed by atoms with E-state index in [9.17, 15) is 0 Å². The minimum Gasteiger partial charge on any atom is -0.463 e. The van der Waals surface area contributed by atoms with E-state index in [1.807, 2.05) is 0 Å². The third-order valence-electron chi connectivity index (χ3n) is 5.43. The van der Waals surface area contributed by atoms with Crippen LogP contribution in [0.1, 0.15) is 70.6 Å². The summed E-state index contributed by atoms with van der Waals surface area (Å²) in [5, 5.41) is 3.66. The van der Waals surface area contributed by atoms with Gasteiger partial charge in [-0.05, 0) is 31.1 Å². The van der Waals surface area contributed by atoms with Crippen LogP contribution in [0.15, 0.2) is 4.99 Å². The summed E-state index contributed by atoms with van der Waals surface area (Å²) in [7, 11) is 0. The molecule has 1 atom stereocenters. The third-order valence-corrected chi connectivity index (χ3v) is 5.43. The first-order chi connectivity index (χ1) is 9.92. The molecule has 2 fully saturated rings. The lowest BCUT2D eigenvalue weighted by Gasteiger charge is -2.34. The molecular weight excluding hydrogens is 248 g/mol. The zero-order valence-electron chi connectivity index (χ0n) is 12.8. The van der Waals surface area contributed by atoms with Crippen molar-refractivity contribution in [1.82, 2.24) is 5.32 Å². The van der Waals surface area contributed by atoms with Gasteiger partial charge in [-0.3, -0.25) is 0 Å². The molecule has 3 rings (SSSR count). The molecule has 1 aliphatic heterocycles. The Bertz CT molecular complexity index is 317. The van der Waals surface area contributed by atoms with Gasteiger partial charge in [0.2, 0.25) is 0 Å². The van der Waals surface area contributed by atoms with Gasteiger partial charge in [-0.25, -0.2) is 4.99 Å². The number of nitrogens with zero attached hydrogens (tertiary/aromatic N) is 1. The molecular formula is C17H30N2O. The summed E-state index contributed by atoms with van der Waals surface area (Å²) in [6.07, 6.45) is 15.6. The summed E-state index contributed by atoms with van der Waals surface area (Å²) >= 11 is 0. The molecule has 1 N–H and O–H groups in total. The van der Waals surface area contributed by atoms with E-state index >= 15 is 0 Å². The zero-order chi connectivity index (χ0) is 13.6. The molecule has 0 aromatic carbocycles. The molecule has 1 unspecified atom stereocenters. The average Bonchev–Trinajstić information content (AvgIpc) is 3.02. The maximum absolute atomic E-state index is 5.60. The van der Waals surface area contributed by atoms with Crippen molar-refractivity contribution in [3.05, 3.63) is 0 Å². The predicted octanol–water partition coefficient (Wildman–Crippen LogP) is 3.88. The lowest BCUT2D eigenvalue weighted by Crippen LogP contribution is -2.42. The van der Waals surface area contributed by atoms with Crippen molar-refractivity contribution >= 4 is 6.02 Å². The monoisotopic (exact) mass is 278 g/mol. The van der Waals surface area contributed by atoms with Crippen molar-refractivity contribution in [1.29, 1.82) is 0 Å². The minimum atomic E-state index is 0.607. The Morgan fingerprint density at radius 1 is 1.00 bits per heavy atom. The lowest BCUT2D eigenvalue weighted by molar-refractivity contribution is 0.216. The van der Waals surface area contributed by atoms with Gasteiger partial charge in [0, 0.05) is 6.04 Å². The molecule has 0 bridgehead atoms. The summed E-state index contributed by atoms with van der Waals surface area (Å²) < 4.78 is 5.60. The molecule has 1 heterocycles. The SMILES string of the molecule is C1CCC(CC(NC2=NCCO2)C2CCCCC2)CC1. The van der Waals surface area contributed by atoms with Crippen LogP contribution in [0.2, 0.25) is 0 Å².